The third kappa shape index (κ3) is 4.10. The first kappa shape index (κ1) is 17.7. The maximum atomic E-state index is 12.2. The summed E-state index contributed by atoms with van der Waals surface area (Å²) in [6, 6.07) is 11.6. The quantitative estimate of drug-likeness (QED) is 0.833. The van der Waals surface area contributed by atoms with Crippen molar-refractivity contribution in [2.45, 2.75) is 38.0 Å². The molecule has 1 aliphatic carbocycles. The van der Waals surface area contributed by atoms with Crippen molar-refractivity contribution >= 4 is 23.2 Å². The average molecular weight is 356 g/mol. The highest BCUT2D eigenvalue weighted by Gasteiger charge is 2.36. The lowest BCUT2D eigenvalue weighted by atomic mass is 9.84. The minimum Gasteiger partial charge on any atom is -0.354 e. The lowest BCUT2D eigenvalue weighted by Gasteiger charge is -2.28. The monoisotopic (exact) mass is 356 g/mol. The van der Waals surface area contributed by atoms with Crippen LogP contribution in [0.4, 0.5) is 0 Å². The SMILES string of the molecule is Cc1ccccc1C(=O)NCC(=O)NCC1(c2cccs2)CCCC1. The Morgan fingerprint density at radius 1 is 1.08 bits per heavy atom. The van der Waals surface area contributed by atoms with Crippen LogP contribution in [0.1, 0.15) is 46.5 Å². The number of rotatable bonds is 6. The Kier molecular flexibility index (Phi) is 5.53. The minimum atomic E-state index is -0.206. The molecule has 3 rings (SSSR count). The molecule has 0 unspecified atom stereocenters. The second-order valence-corrected chi connectivity index (χ2v) is 7.69. The predicted molar refractivity (Wildman–Crippen MR) is 101 cm³/mol. The lowest BCUT2D eigenvalue weighted by molar-refractivity contribution is -0.120. The molecule has 1 aliphatic rings. The first-order valence-corrected chi connectivity index (χ1v) is 9.63. The van der Waals surface area contributed by atoms with E-state index in [0.717, 1.165) is 18.4 Å². The van der Waals surface area contributed by atoms with Crippen molar-refractivity contribution in [1.29, 1.82) is 0 Å². The lowest BCUT2D eigenvalue weighted by Crippen LogP contribution is -2.43. The molecular weight excluding hydrogens is 332 g/mol. The van der Waals surface area contributed by atoms with Crippen LogP contribution in [-0.4, -0.2) is 24.9 Å². The molecular formula is C20H24N2O2S. The smallest absolute Gasteiger partial charge is 0.251 e. The molecule has 4 nitrogen and oxygen atoms in total. The van der Waals surface area contributed by atoms with Crippen molar-refractivity contribution in [3.63, 3.8) is 0 Å². The highest BCUT2D eigenvalue weighted by Crippen LogP contribution is 2.42. The van der Waals surface area contributed by atoms with Crippen molar-refractivity contribution in [3.8, 4) is 0 Å². The van der Waals surface area contributed by atoms with E-state index < -0.39 is 0 Å². The summed E-state index contributed by atoms with van der Waals surface area (Å²) in [6.45, 7) is 2.54. The fraction of sp³-hybridized carbons (Fsp3) is 0.400. The molecule has 0 saturated heterocycles. The van der Waals surface area contributed by atoms with Gasteiger partial charge in [-0.15, -0.1) is 11.3 Å². The molecule has 132 valence electrons. The molecule has 5 heteroatoms. The normalized spacial score (nSPS) is 15.7. The third-order valence-electron chi connectivity index (χ3n) is 5.03. The van der Waals surface area contributed by atoms with Crippen LogP contribution in [-0.2, 0) is 10.2 Å². The number of aryl methyl sites for hydroxylation is 1. The fourth-order valence-corrected chi connectivity index (χ4v) is 4.54. The fourth-order valence-electron chi connectivity index (χ4n) is 3.56. The maximum Gasteiger partial charge on any atom is 0.251 e. The van der Waals surface area contributed by atoms with Crippen LogP contribution < -0.4 is 10.6 Å². The predicted octanol–water partition coefficient (Wildman–Crippen LogP) is 3.41. The number of carbonyl (C=O) groups is 2. The Balaban J connectivity index is 1.53. The van der Waals surface area contributed by atoms with Crippen LogP contribution in [0, 0.1) is 6.92 Å². The van der Waals surface area contributed by atoms with Crippen molar-refractivity contribution in [3.05, 3.63) is 57.8 Å². The molecule has 1 fully saturated rings. The zero-order valence-corrected chi connectivity index (χ0v) is 15.3. The van der Waals surface area contributed by atoms with E-state index in [2.05, 4.69) is 28.1 Å². The van der Waals surface area contributed by atoms with Crippen molar-refractivity contribution in [2.75, 3.05) is 13.1 Å². The zero-order valence-electron chi connectivity index (χ0n) is 14.5. The van der Waals surface area contributed by atoms with Gasteiger partial charge in [0.05, 0.1) is 6.54 Å². The van der Waals surface area contributed by atoms with Gasteiger partial charge in [0.2, 0.25) is 5.91 Å². The molecule has 0 aliphatic heterocycles. The molecule has 25 heavy (non-hydrogen) atoms. The van der Waals surface area contributed by atoms with Crippen LogP contribution in [0.5, 0.6) is 0 Å². The Labute approximate surface area is 152 Å². The first-order chi connectivity index (χ1) is 12.1. The number of thiophene rings is 1. The summed E-state index contributed by atoms with van der Waals surface area (Å²) < 4.78 is 0. The van der Waals surface area contributed by atoms with Crippen molar-refractivity contribution in [1.82, 2.24) is 10.6 Å². The van der Waals surface area contributed by atoms with Gasteiger partial charge in [-0.25, -0.2) is 0 Å². The van der Waals surface area contributed by atoms with Gasteiger partial charge in [0.25, 0.3) is 5.91 Å². The number of benzene rings is 1. The molecule has 0 radical (unpaired) electrons. The number of nitrogens with one attached hydrogen (secondary N) is 2. The van der Waals surface area contributed by atoms with Gasteiger partial charge in [0.1, 0.15) is 0 Å². The highest BCUT2D eigenvalue weighted by atomic mass is 32.1. The molecule has 1 saturated carbocycles. The summed E-state index contributed by atoms with van der Waals surface area (Å²) in [5.41, 5.74) is 1.59. The van der Waals surface area contributed by atoms with Crippen LogP contribution >= 0.6 is 11.3 Å². The van der Waals surface area contributed by atoms with E-state index in [1.807, 2.05) is 25.1 Å². The number of amides is 2. The Hall–Kier alpha value is -2.14. The third-order valence-corrected chi connectivity index (χ3v) is 6.14. The van der Waals surface area contributed by atoms with Gasteiger partial charge in [-0.2, -0.15) is 0 Å². The number of hydrogen-bond acceptors (Lipinski definition) is 3. The summed E-state index contributed by atoms with van der Waals surface area (Å²) in [5.74, 6) is -0.341. The first-order valence-electron chi connectivity index (χ1n) is 8.75. The maximum absolute atomic E-state index is 12.2. The Morgan fingerprint density at radius 2 is 1.84 bits per heavy atom. The topological polar surface area (TPSA) is 58.2 Å². The van der Waals surface area contributed by atoms with E-state index in [4.69, 9.17) is 0 Å². The average Bonchev–Trinajstić information content (AvgIpc) is 3.30. The second kappa shape index (κ2) is 7.83. The molecule has 0 bridgehead atoms. The molecule has 1 heterocycles. The van der Waals surface area contributed by atoms with Gasteiger partial charge in [-0.05, 0) is 42.8 Å². The van der Waals surface area contributed by atoms with Gasteiger partial charge in [0.15, 0.2) is 0 Å². The van der Waals surface area contributed by atoms with Crippen molar-refractivity contribution < 1.29 is 9.59 Å². The standard InChI is InChI=1S/C20H24N2O2S/c1-15-7-2-3-8-16(15)19(24)21-13-18(23)22-14-20(10-4-5-11-20)17-9-6-12-25-17/h2-3,6-9,12H,4-5,10-11,13-14H2,1H3,(H,21,24)(H,22,23). The zero-order chi connectivity index (χ0) is 17.7. The van der Waals surface area contributed by atoms with Crippen LogP contribution in [0.15, 0.2) is 41.8 Å². The van der Waals surface area contributed by atoms with Crippen molar-refractivity contribution in [2.24, 2.45) is 0 Å². The molecule has 2 aromatic rings. The van der Waals surface area contributed by atoms with Crippen LogP contribution in [0.3, 0.4) is 0 Å². The number of carbonyl (C=O) groups excluding carboxylic acids is 2. The summed E-state index contributed by atoms with van der Waals surface area (Å²) in [6.07, 6.45) is 4.64. The van der Waals surface area contributed by atoms with Gasteiger partial charge < -0.3 is 10.6 Å². The minimum absolute atomic E-state index is 0.00763. The van der Waals surface area contributed by atoms with Crippen LogP contribution in [0.2, 0.25) is 0 Å². The molecule has 2 amide bonds. The summed E-state index contributed by atoms with van der Waals surface area (Å²) in [5, 5.41) is 7.84. The van der Waals surface area contributed by atoms with E-state index in [0.29, 0.717) is 12.1 Å². The number of hydrogen-bond donors (Lipinski definition) is 2. The van der Waals surface area contributed by atoms with E-state index in [1.165, 1.54) is 17.7 Å². The molecule has 0 spiro atoms. The van der Waals surface area contributed by atoms with Gasteiger partial charge in [-0.3, -0.25) is 9.59 Å². The van der Waals surface area contributed by atoms with E-state index >= 15 is 0 Å². The summed E-state index contributed by atoms with van der Waals surface area (Å²) in [4.78, 5) is 25.8. The summed E-state index contributed by atoms with van der Waals surface area (Å²) >= 11 is 1.77. The highest BCUT2D eigenvalue weighted by molar-refractivity contribution is 7.10. The van der Waals surface area contributed by atoms with Crippen LogP contribution in [0.25, 0.3) is 0 Å². The van der Waals surface area contributed by atoms with E-state index in [1.54, 1.807) is 17.4 Å². The van der Waals surface area contributed by atoms with E-state index in [9.17, 15) is 9.59 Å². The van der Waals surface area contributed by atoms with Gasteiger partial charge in [-0.1, -0.05) is 37.1 Å². The molecule has 2 N–H and O–H groups in total. The van der Waals surface area contributed by atoms with Gasteiger partial charge >= 0.3 is 0 Å². The molecule has 1 aromatic heterocycles. The van der Waals surface area contributed by atoms with E-state index in [-0.39, 0.29) is 23.8 Å². The van der Waals surface area contributed by atoms with Gasteiger partial charge in [0, 0.05) is 22.4 Å². The molecule has 1 aromatic carbocycles. The molecule has 0 atom stereocenters. The largest absolute Gasteiger partial charge is 0.354 e. The Bertz CT molecular complexity index is 734. The summed E-state index contributed by atoms with van der Waals surface area (Å²) in [7, 11) is 0. The second-order valence-electron chi connectivity index (χ2n) is 6.74. The Morgan fingerprint density at radius 3 is 2.52 bits per heavy atom.